The Bertz CT molecular complexity index is 653. The van der Waals surface area contributed by atoms with Crippen LogP contribution in [0.5, 0.6) is 11.5 Å². The smallest absolute Gasteiger partial charge is 0.191 e. The van der Waals surface area contributed by atoms with Crippen LogP contribution in [0.15, 0.2) is 53.7 Å². The average Bonchev–Trinajstić information content (AvgIpc) is 2.63. The van der Waals surface area contributed by atoms with E-state index in [2.05, 4.69) is 20.6 Å². The molecule has 2 rings (SSSR count). The lowest BCUT2D eigenvalue weighted by atomic mass is 10.3. The molecule has 25 heavy (non-hydrogen) atoms. The summed E-state index contributed by atoms with van der Waals surface area (Å²) >= 11 is 0. The van der Waals surface area contributed by atoms with Gasteiger partial charge in [-0.15, -0.1) is 24.0 Å². The molecule has 7 heteroatoms. The number of aromatic nitrogens is 1. The second-order valence-corrected chi connectivity index (χ2v) is 5.21. The lowest BCUT2D eigenvalue weighted by Crippen LogP contribution is -2.41. The zero-order chi connectivity index (χ0) is 17.2. The first-order valence-electron chi connectivity index (χ1n) is 7.87. The van der Waals surface area contributed by atoms with E-state index in [4.69, 9.17) is 9.47 Å². The van der Waals surface area contributed by atoms with Crippen molar-refractivity contribution in [2.24, 2.45) is 4.99 Å². The number of guanidine groups is 1. The highest BCUT2D eigenvalue weighted by Crippen LogP contribution is 2.26. The molecule has 0 aliphatic rings. The molecule has 0 bridgehead atoms. The monoisotopic (exact) mass is 456 g/mol. The third kappa shape index (κ3) is 7.16. The zero-order valence-electron chi connectivity index (χ0n) is 14.7. The van der Waals surface area contributed by atoms with Gasteiger partial charge in [-0.2, -0.15) is 0 Å². The van der Waals surface area contributed by atoms with Gasteiger partial charge in [0.25, 0.3) is 0 Å². The molecule has 6 nitrogen and oxygen atoms in total. The van der Waals surface area contributed by atoms with Gasteiger partial charge in [0.05, 0.1) is 25.9 Å². The standard InChI is InChI=1S/C18H24N4O2.HI/c1-14(24-17-10-5-4-9-16(17)23-3)12-21-18(19-2)22-13-15-8-6-7-11-20-15;/h4-11,14H,12-13H2,1-3H3,(H2,19,21,22);1H. The summed E-state index contributed by atoms with van der Waals surface area (Å²) in [5.41, 5.74) is 0.957. The summed E-state index contributed by atoms with van der Waals surface area (Å²) in [5, 5.41) is 6.47. The lowest BCUT2D eigenvalue weighted by molar-refractivity contribution is 0.213. The molecular formula is C18H25IN4O2. The van der Waals surface area contributed by atoms with Gasteiger partial charge in [-0.25, -0.2) is 0 Å². The molecule has 136 valence electrons. The van der Waals surface area contributed by atoms with Crippen molar-refractivity contribution in [3.8, 4) is 11.5 Å². The van der Waals surface area contributed by atoms with Gasteiger partial charge in [-0.3, -0.25) is 9.98 Å². The summed E-state index contributed by atoms with van der Waals surface area (Å²) in [5.74, 6) is 2.16. The summed E-state index contributed by atoms with van der Waals surface area (Å²) in [6.45, 7) is 3.22. The summed E-state index contributed by atoms with van der Waals surface area (Å²) in [4.78, 5) is 8.47. The normalized spacial score (nSPS) is 11.9. The zero-order valence-corrected chi connectivity index (χ0v) is 17.1. The van der Waals surface area contributed by atoms with Crippen molar-refractivity contribution in [3.05, 3.63) is 54.4 Å². The molecule has 0 fully saturated rings. The second kappa shape index (κ2) is 11.5. The maximum Gasteiger partial charge on any atom is 0.191 e. The Morgan fingerprint density at radius 3 is 2.48 bits per heavy atom. The van der Waals surface area contributed by atoms with Crippen molar-refractivity contribution >= 4 is 29.9 Å². The molecule has 0 saturated heterocycles. The highest BCUT2D eigenvalue weighted by atomic mass is 127. The molecule has 0 radical (unpaired) electrons. The van der Waals surface area contributed by atoms with E-state index in [1.165, 1.54) is 0 Å². The van der Waals surface area contributed by atoms with Gasteiger partial charge in [-0.1, -0.05) is 18.2 Å². The Morgan fingerprint density at radius 1 is 1.12 bits per heavy atom. The molecule has 0 spiro atoms. The van der Waals surface area contributed by atoms with E-state index in [-0.39, 0.29) is 30.1 Å². The number of pyridine rings is 1. The molecule has 0 aliphatic carbocycles. The number of hydrogen-bond acceptors (Lipinski definition) is 4. The highest BCUT2D eigenvalue weighted by Gasteiger charge is 2.09. The van der Waals surface area contributed by atoms with E-state index < -0.39 is 0 Å². The molecule has 0 saturated carbocycles. The van der Waals surface area contributed by atoms with Crippen LogP contribution in [-0.4, -0.2) is 37.7 Å². The molecule has 1 aromatic heterocycles. The first-order valence-corrected chi connectivity index (χ1v) is 7.87. The lowest BCUT2D eigenvalue weighted by Gasteiger charge is -2.19. The Hall–Kier alpha value is -2.03. The third-order valence-electron chi connectivity index (χ3n) is 3.34. The summed E-state index contributed by atoms with van der Waals surface area (Å²) in [6, 6.07) is 13.4. The number of ether oxygens (including phenoxy) is 2. The molecule has 1 unspecified atom stereocenters. The summed E-state index contributed by atoms with van der Waals surface area (Å²) < 4.78 is 11.2. The van der Waals surface area contributed by atoms with Crippen molar-refractivity contribution in [2.45, 2.75) is 19.6 Å². The van der Waals surface area contributed by atoms with E-state index in [1.54, 1.807) is 20.4 Å². The number of para-hydroxylation sites is 2. The second-order valence-electron chi connectivity index (χ2n) is 5.21. The fourth-order valence-corrected chi connectivity index (χ4v) is 2.11. The predicted octanol–water partition coefficient (Wildman–Crippen LogP) is 2.84. The first kappa shape index (κ1) is 21.0. The van der Waals surface area contributed by atoms with Gasteiger partial charge in [0.1, 0.15) is 6.10 Å². The quantitative estimate of drug-likeness (QED) is 0.381. The number of nitrogens with zero attached hydrogens (tertiary/aromatic N) is 2. The number of benzene rings is 1. The van der Waals surface area contributed by atoms with Crippen LogP contribution in [0.2, 0.25) is 0 Å². The van der Waals surface area contributed by atoms with Crippen LogP contribution >= 0.6 is 24.0 Å². The van der Waals surface area contributed by atoms with Crippen molar-refractivity contribution in [3.63, 3.8) is 0 Å². The molecule has 1 atom stereocenters. The first-order chi connectivity index (χ1) is 11.7. The third-order valence-corrected chi connectivity index (χ3v) is 3.34. The molecular weight excluding hydrogens is 431 g/mol. The predicted molar refractivity (Wildman–Crippen MR) is 111 cm³/mol. The Balaban J connectivity index is 0.00000312. The van der Waals surface area contributed by atoms with E-state index in [0.29, 0.717) is 19.0 Å². The van der Waals surface area contributed by atoms with Gasteiger partial charge < -0.3 is 20.1 Å². The highest BCUT2D eigenvalue weighted by molar-refractivity contribution is 14.0. The molecule has 2 aromatic rings. The van der Waals surface area contributed by atoms with Gasteiger partial charge in [0, 0.05) is 13.2 Å². The van der Waals surface area contributed by atoms with E-state index in [1.807, 2.05) is 49.4 Å². The Kier molecular flexibility index (Phi) is 9.68. The maximum absolute atomic E-state index is 5.91. The van der Waals surface area contributed by atoms with Gasteiger partial charge in [0.2, 0.25) is 0 Å². The minimum Gasteiger partial charge on any atom is -0.493 e. The molecule has 2 N–H and O–H groups in total. The number of nitrogens with one attached hydrogen (secondary N) is 2. The number of methoxy groups -OCH3 is 1. The summed E-state index contributed by atoms with van der Waals surface area (Å²) in [7, 11) is 3.37. The van der Waals surface area contributed by atoms with Crippen LogP contribution in [0, 0.1) is 0 Å². The van der Waals surface area contributed by atoms with Gasteiger partial charge >= 0.3 is 0 Å². The van der Waals surface area contributed by atoms with Crippen LogP contribution in [0.4, 0.5) is 0 Å². The SMILES string of the molecule is CN=C(NCc1ccccn1)NCC(C)Oc1ccccc1OC.I. The van der Waals surface area contributed by atoms with Crippen LogP contribution in [0.1, 0.15) is 12.6 Å². The topological polar surface area (TPSA) is 67.8 Å². The Morgan fingerprint density at radius 2 is 1.84 bits per heavy atom. The minimum absolute atomic E-state index is 0. The van der Waals surface area contributed by atoms with Gasteiger partial charge in [-0.05, 0) is 31.2 Å². The summed E-state index contributed by atoms with van der Waals surface area (Å²) in [6.07, 6.45) is 1.73. The van der Waals surface area contributed by atoms with Crippen molar-refractivity contribution in [1.82, 2.24) is 15.6 Å². The van der Waals surface area contributed by atoms with Crippen LogP contribution in [0.3, 0.4) is 0 Å². The number of halogens is 1. The Labute approximate surface area is 166 Å². The number of hydrogen-bond donors (Lipinski definition) is 2. The van der Waals surface area contributed by atoms with Crippen molar-refractivity contribution in [2.75, 3.05) is 20.7 Å². The van der Waals surface area contributed by atoms with E-state index in [0.717, 1.165) is 17.2 Å². The molecule has 1 heterocycles. The largest absolute Gasteiger partial charge is 0.493 e. The fourth-order valence-electron chi connectivity index (χ4n) is 2.11. The molecule has 1 aromatic carbocycles. The molecule has 0 amide bonds. The van der Waals surface area contributed by atoms with Crippen LogP contribution < -0.4 is 20.1 Å². The minimum atomic E-state index is -0.0466. The maximum atomic E-state index is 5.91. The number of rotatable bonds is 7. The van der Waals surface area contributed by atoms with Crippen LogP contribution in [-0.2, 0) is 6.54 Å². The van der Waals surface area contributed by atoms with E-state index in [9.17, 15) is 0 Å². The van der Waals surface area contributed by atoms with Crippen molar-refractivity contribution < 1.29 is 9.47 Å². The van der Waals surface area contributed by atoms with Gasteiger partial charge in [0.15, 0.2) is 17.5 Å². The fraction of sp³-hybridized carbons (Fsp3) is 0.333. The average molecular weight is 456 g/mol. The number of aliphatic imine (C=N–C) groups is 1. The molecule has 0 aliphatic heterocycles. The van der Waals surface area contributed by atoms with Crippen LogP contribution in [0.25, 0.3) is 0 Å². The van der Waals surface area contributed by atoms with Crippen molar-refractivity contribution in [1.29, 1.82) is 0 Å². The van der Waals surface area contributed by atoms with E-state index >= 15 is 0 Å².